The minimum absolute atomic E-state index is 0.296. The molecule has 0 bridgehead atoms. The molecule has 0 aromatic heterocycles. The highest BCUT2D eigenvalue weighted by molar-refractivity contribution is 5.36. The van der Waals surface area contributed by atoms with E-state index >= 15 is 0 Å². The van der Waals surface area contributed by atoms with E-state index in [0.29, 0.717) is 12.1 Å². The first-order valence-electron chi connectivity index (χ1n) is 7.92. The van der Waals surface area contributed by atoms with Crippen LogP contribution >= 0.6 is 0 Å². The zero-order valence-corrected chi connectivity index (χ0v) is 13.5. The monoisotopic (exact) mass is 292 g/mol. The van der Waals surface area contributed by atoms with Crippen LogP contribution in [0.15, 0.2) is 24.3 Å². The molecule has 21 heavy (non-hydrogen) atoms. The first kappa shape index (κ1) is 16.3. The molecule has 1 aromatic carbocycles. The second-order valence-corrected chi connectivity index (χ2v) is 5.54. The van der Waals surface area contributed by atoms with Crippen molar-refractivity contribution in [2.75, 3.05) is 40.4 Å². The van der Waals surface area contributed by atoms with Gasteiger partial charge >= 0.3 is 0 Å². The minimum Gasteiger partial charge on any atom is -0.496 e. The van der Waals surface area contributed by atoms with E-state index in [1.165, 1.54) is 5.56 Å². The van der Waals surface area contributed by atoms with Crippen LogP contribution in [0, 0.1) is 0 Å². The van der Waals surface area contributed by atoms with Crippen molar-refractivity contribution in [3.05, 3.63) is 29.8 Å². The van der Waals surface area contributed by atoms with E-state index in [1.807, 2.05) is 19.2 Å². The smallest absolute Gasteiger partial charge is 0.123 e. The average molecular weight is 292 g/mol. The molecule has 0 amide bonds. The molecule has 1 aliphatic heterocycles. The van der Waals surface area contributed by atoms with E-state index in [4.69, 9.17) is 9.47 Å². The highest BCUT2D eigenvalue weighted by Crippen LogP contribution is 2.26. The summed E-state index contributed by atoms with van der Waals surface area (Å²) in [5, 5.41) is 3.42. The first-order valence-corrected chi connectivity index (χ1v) is 7.92. The Hall–Kier alpha value is -1.10. The summed E-state index contributed by atoms with van der Waals surface area (Å²) in [5.74, 6) is 0.959. The van der Waals surface area contributed by atoms with Crippen LogP contribution in [-0.2, 0) is 4.74 Å². The van der Waals surface area contributed by atoms with E-state index in [-0.39, 0.29) is 0 Å². The first-order chi connectivity index (χ1) is 10.3. The molecule has 1 N–H and O–H groups in total. The lowest BCUT2D eigenvalue weighted by molar-refractivity contribution is 0.0124. The van der Waals surface area contributed by atoms with Gasteiger partial charge in [0.25, 0.3) is 0 Å². The number of rotatable bonds is 7. The van der Waals surface area contributed by atoms with Crippen LogP contribution in [0.25, 0.3) is 0 Å². The Morgan fingerprint density at radius 3 is 2.62 bits per heavy atom. The summed E-state index contributed by atoms with van der Waals surface area (Å²) in [6.07, 6.45) is 2.72. The molecule has 0 aliphatic carbocycles. The van der Waals surface area contributed by atoms with Gasteiger partial charge in [0.15, 0.2) is 0 Å². The fraction of sp³-hybridized carbons (Fsp3) is 0.647. The Bertz CT molecular complexity index is 417. The van der Waals surface area contributed by atoms with Gasteiger partial charge in [-0.25, -0.2) is 0 Å². The van der Waals surface area contributed by atoms with Gasteiger partial charge in [-0.3, -0.25) is 0 Å². The van der Waals surface area contributed by atoms with Crippen LogP contribution in [0.3, 0.4) is 0 Å². The van der Waals surface area contributed by atoms with E-state index in [2.05, 4.69) is 29.3 Å². The number of hydrogen-bond donors (Lipinski definition) is 1. The Morgan fingerprint density at radius 1 is 1.29 bits per heavy atom. The van der Waals surface area contributed by atoms with Crippen LogP contribution in [0.4, 0.5) is 0 Å². The van der Waals surface area contributed by atoms with E-state index in [0.717, 1.165) is 44.8 Å². The number of nitrogens with one attached hydrogen (secondary N) is 1. The van der Waals surface area contributed by atoms with Crippen molar-refractivity contribution in [1.82, 2.24) is 10.2 Å². The van der Waals surface area contributed by atoms with Gasteiger partial charge in [0.2, 0.25) is 0 Å². The maximum absolute atomic E-state index is 5.72. The molecular weight excluding hydrogens is 264 g/mol. The lowest BCUT2D eigenvalue weighted by Gasteiger charge is -2.34. The zero-order chi connectivity index (χ0) is 15.1. The topological polar surface area (TPSA) is 33.7 Å². The molecule has 4 nitrogen and oxygen atoms in total. The van der Waals surface area contributed by atoms with Crippen molar-refractivity contribution in [2.45, 2.75) is 31.9 Å². The predicted molar refractivity (Wildman–Crippen MR) is 85.9 cm³/mol. The molecule has 1 atom stereocenters. The van der Waals surface area contributed by atoms with E-state index in [9.17, 15) is 0 Å². The van der Waals surface area contributed by atoms with Crippen LogP contribution in [0.5, 0.6) is 5.75 Å². The highest BCUT2D eigenvalue weighted by atomic mass is 16.5. The van der Waals surface area contributed by atoms with Gasteiger partial charge in [0.1, 0.15) is 5.75 Å². The summed E-state index contributed by atoms with van der Waals surface area (Å²) in [6, 6.07) is 8.56. The van der Waals surface area contributed by atoms with Crippen molar-refractivity contribution in [1.29, 1.82) is 0 Å². The van der Waals surface area contributed by atoms with Gasteiger partial charge in [0.05, 0.1) is 13.2 Å². The molecule has 1 aliphatic rings. The van der Waals surface area contributed by atoms with E-state index in [1.54, 1.807) is 7.11 Å². The lowest BCUT2D eigenvalue weighted by Crippen LogP contribution is -2.41. The molecule has 2 rings (SSSR count). The third kappa shape index (κ3) is 4.43. The summed E-state index contributed by atoms with van der Waals surface area (Å²) in [7, 11) is 3.75. The average Bonchev–Trinajstić information content (AvgIpc) is 2.54. The standard InChI is InChI=1S/C17H28N2O2/c1-4-21-14-9-11-19(12-10-14)13-16(18-2)15-7-5-6-8-17(15)20-3/h5-8,14,16,18H,4,9-13H2,1-3H3. The Labute approximate surface area is 128 Å². The minimum atomic E-state index is 0.296. The Balaban J connectivity index is 1.94. The van der Waals surface area contributed by atoms with Crippen molar-refractivity contribution < 1.29 is 9.47 Å². The highest BCUT2D eigenvalue weighted by Gasteiger charge is 2.23. The second kappa shape index (κ2) is 8.37. The molecular formula is C17H28N2O2. The largest absolute Gasteiger partial charge is 0.496 e. The predicted octanol–water partition coefficient (Wildman–Crippen LogP) is 2.46. The fourth-order valence-corrected chi connectivity index (χ4v) is 3.05. The molecule has 1 heterocycles. The van der Waals surface area contributed by atoms with Crippen LogP contribution in [0.2, 0.25) is 0 Å². The molecule has 1 unspecified atom stereocenters. The van der Waals surface area contributed by atoms with Gasteiger partial charge in [0, 0.05) is 37.8 Å². The quantitative estimate of drug-likeness (QED) is 0.837. The van der Waals surface area contributed by atoms with E-state index < -0.39 is 0 Å². The fourth-order valence-electron chi connectivity index (χ4n) is 3.05. The number of para-hydroxylation sites is 1. The third-order valence-electron chi connectivity index (χ3n) is 4.24. The SMILES string of the molecule is CCOC1CCN(CC(NC)c2ccccc2OC)CC1. The van der Waals surface area contributed by atoms with Crippen molar-refractivity contribution in [3.8, 4) is 5.75 Å². The zero-order valence-electron chi connectivity index (χ0n) is 13.5. The second-order valence-electron chi connectivity index (χ2n) is 5.54. The molecule has 118 valence electrons. The summed E-state index contributed by atoms with van der Waals surface area (Å²) in [5.41, 5.74) is 1.23. The van der Waals surface area contributed by atoms with Crippen molar-refractivity contribution in [2.24, 2.45) is 0 Å². The number of methoxy groups -OCH3 is 1. The maximum Gasteiger partial charge on any atom is 0.123 e. The van der Waals surface area contributed by atoms with Gasteiger partial charge < -0.3 is 19.7 Å². The molecule has 0 saturated carbocycles. The molecule has 1 saturated heterocycles. The Kier molecular flexibility index (Phi) is 6.49. The number of likely N-dealkylation sites (tertiary alicyclic amines) is 1. The summed E-state index contributed by atoms with van der Waals surface area (Å²) < 4.78 is 11.2. The number of benzene rings is 1. The van der Waals surface area contributed by atoms with Crippen molar-refractivity contribution >= 4 is 0 Å². The molecule has 0 spiro atoms. The summed E-state index contributed by atoms with van der Waals surface area (Å²) >= 11 is 0. The number of nitrogens with zero attached hydrogens (tertiary/aromatic N) is 1. The summed E-state index contributed by atoms with van der Waals surface area (Å²) in [6.45, 7) is 6.13. The Morgan fingerprint density at radius 2 is 2.00 bits per heavy atom. The van der Waals surface area contributed by atoms with Gasteiger partial charge in [-0.1, -0.05) is 18.2 Å². The third-order valence-corrected chi connectivity index (χ3v) is 4.24. The lowest BCUT2D eigenvalue weighted by atomic mass is 10.0. The number of hydrogen-bond acceptors (Lipinski definition) is 4. The number of piperidine rings is 1. The number of likely N-dealkylation sites (N-methyl/N-ethyl adjacent to an activating group) is 1. The van der Waals surface area contributed by atoms with Gasteiger partial charge in [-0.2, -0.15) is 0 Å². The van der Waals surface area contributed by atoms with Gasteiger partial charge in [-0.05, 0) is 32.9 Å². The number of ether oxygens (including phenoxy) is 2. The molecule has 4 heteroatoms. The van der Waals surface area contributed by atoms with Crippen molar-refractivity contribution in [3.63, 3.8) is 0 Å². The van der Waals surface area contributed by atoms with Crippen LogP contribution in [0.1, 0.15) is 31.4 Å². The van der Waals surface area contributed by atoms with Crippen LogP contribution < -0.4 is 10.1 Å². The maximum atomic E-state index is 5.72. The molecule has 1 fully saturated rings. The molecule has 1 aromatic rings. The van der Waals surface area contributed by atoms with Gasteiger partial charge in [-0.15, -0.1) is 0 Å². The summed E-state index contributed by atoms with van der Waals surface area (Å²) in [4.78, 5) is 2.52. The normalized spacial score (nSPS) is 18.6. The van der Waals surface area contributed by atoms with Crippen LogP contribution in [-0.4, -0.2) is 51.4 Å². The molecule has 0 radical (unpaired) electrons.